The van der Waals surface area contributed by atoms with E-state index in [4.69, 9.17) is 4.74 Å². The normalized spacial score (nSPS) is 17.8. The van der Waals surface area contributed by atoms with E-state index in [0.29, 0.717) is 38.1 Å². The molecule has 2 fully saturated rings. The topological polar surface area (TPSA) is 80.2 Å². The van der Waals surface area contributed by atoms with Crippen LogP contribution in [0.25, 0.3) is 11.3 Å². The fourth-order valence-corrected chi connectivity index (χ4v) is 3.81. The summed E-state index contributed by atoms with van der Waals surface area (Å²) in [4.78, 5) is 17.6. The van der Waals surface area contributed by atoms with E-state index in [9.17, 15) is 4.79 Å². The van der Waals surface area contributed by atoms with Crippen molar-refractivity contribution in [3.8, 4) is 11.3 Å². The van der Waals surface area contributed by atoms with Gasteiger partial charge >= 0.3 is 6.09 Å². The Morgan fingerprint density at radius 2 is 1.96 bits per heavy atom. The summed E-state index contributed by atoms with van der Waals surface area (Å²) in [5.74, 6) is 1.17. The van der Waals surface area contributed by atoms with E-state index in [1.54, 1.807) is 11.1 Å². The minimum Gasteiger partial charge on any atom is -0.448 e. The van der Waals surface area contributed by atoms with Gasteiger partial charge in [-0.1, -0.05) is 43.5 Å². The van der Waals surface area contributed by atoms with Gasteiger partial charge in [0.1, 0.15) is 6.61 Å². The predicted molar refractivity (Wildman–Crippen MR) is 102 cm³/mol. The molecule has 4 rings (SSSR count). The Morgan fingerprint density at radius 1 is 1.15 bits per heavy atom. The number of ether oxygens (including phenoxy) is 1. The fraction of sp³-hybridized carbons (Fsp3) is 0.500. The second kappa shape index (κ2) is 8.33. The lowest BCUT2D eigenvalue weighted by molar-refractivity contribution is 0.159. The van der Waals surface area contributed by atoms with Gasteiger partial charge in [0.15, 0.2) is 0 Å². The highest BCUT2D eigenvalue weighted by Crippen LogP contribution is 2.33. The van der Waals surface area contributed by atoms with Crippen LogP contribution in [-0.2, 0) is 4.74 Å². The van der Waals surface area contributed by atoms with Crippen molar-refractivity contribution in [1.82, 2.24) is 20.1 Å². The lowest BCUT2D eigenvalue weighted by atomic mass is 9.84. The monoisotopic (exact) mass is 367 g/mol. The average molecular weight is 367 g/mol. The number of hydrogen-bond donors (Lipinski definition) is 1. The van der Waals surface area contributed by atoms with Crippen LogP contribution in [0.4, 0.5) is 10.7 Å². The quantitative estimate of drug-likeness (QED) is 0.842. The van der Waals surface area contributed by atoms with E-state index >= 15 is 0 Å². The van der Waals surface area contributed by atoms with Gasteiger partial charge < -0.3 is 15.0 Å². The zero-order valence-corrected chi connectivity index (χ0v) is 15.4. The third-order valence-electron chi connectivity index (χ3n) is 5.35. The average Bonchev–Trinajstić information content (AvgIpc) is 3.14. The molecule has 1 N–H and O–H groups in total. The maximum atomic E-state index is 11.4. The third kappa shape index (κ3) is 4.35. The highest BCUT2D eigenvalue weighted by molar-refractivity contribution is 5.69. The molecule has 1 aliphatic carbocycles. The molecule has 27 heavy (non-hydrogen) atoms. The van der Waals surface area contributed by atoms with Crippen LogP contribution in [0.5, 0.6) is 0 Å². The van der Waals surface area contributed by atoms with E-state index in [0.717, 1.165) is 11.3 Å². The summed E-state index contributed by atoms with van der Waals surface area (Å²) in [6.07, 6.45) is 8.07. The molecule has 1 aromatic carbocycles. The molecule has 0 radical (unpaired) electrons. The first-order chi connectivity index (χ1) is 13.3. The van der Waals surface area contributed by atoms with Crippen molar-refractivity contribution in [2.45, 2.75) is 38.0 Å². The van der Waals surface area contributed by atoms with Gasteiger partial charge in [-0.25, -0.2) is 9.78 Å². The van der Waals surface area contributed by atoms with Crippen LogP contribution in [0.15, 0.2) is 30.5 Å². The number of carbonyl (C=O) groups excluding carboxylic acids is 1. The van der Waals surface area contributed by atoms with Gasteiger partial charge in [0.25, 0.3) is 0 Å². The van der Waals surface area contributed by atoms with Gasteiger partial charge in [-0.15, -0.1) is 5.10 Å². The van der Waals surface area contributed by atoms with E-state index in [2.05, 4.69) is 44.8 Å². The number of amides is 1. The number of benzene rings is 1. The first kappa shape index (κ1) is 17.7. The zero-order chi connectivity index (χ0) is 18.5. The van der Waals surface area contributed by atoms with Crippen LogP contribution in [0.2, 0.25) is 0 Å². The molecule has 7 heteroatoms. The van der Waals surface area contributed by atoms with Gasteiger partial charge in [0, 0.05) is 18.7 Å². The lowest BCUT2D eigenvalue weighted by Gasteiger charge is -2.22. The molecular formula is C20H25N5O2. The summed E-state index contributed by atoms with van der Waals surface area (Å²) in [5, 5.41) is 11.2. The molecule has 1 amide bonds. The summed E-state index contributed by atoms with van der Waals surface area (Å²) in [5.41, 5.74) is 3.26. The molecule has 7 nitrogen and oxygen atoms in total. The molecule has 1 aliphatic heterocycles. The van der Waals surface area contributed by atoms with Crippen molar-refractivity contribution in [2.75, 3.05) is 31.6 Å². The van der Waals surface area contributed by atoms with Crippen LogP contribution in [-0.4, -0.2) is 52.4 Å². The Bertz CT molecular complexity index is 774. The number of hydrogen-bond acceptors (Lipinski definition) is 6. The summed E-state index contributed by atoms with van der Waals surface area (Å²) in [7, 11) is 0. The smallest absolute Gasteiger partial charge is 0.409 e. The largest absolute Gasteiger partial charge is 0.448 e. The second-order valence-corrected chi connectivity index (χ2v) is 7.15. The number of aromatic nitrogens is 3. The molecule has 0 atom stereocenters. The number of nitrogens with zero attached hydrogens (tertiary/aromatic N) is 4. The minimum absolute atomic E-state index is 0.261. The summed E-state index contributed by atoms with van der Waals surface area (Å²) < 4.78 is 4.91. The molecular weight excluding hydrogens is 342 g/mol. The van der Waals surface area contributed by atoms with Crippen LogP contribution >= 0.6 is 0 Å². The molecule has 0 bridgehead atoms. The highest BCUT2D eigenvalue weighted by atomic mass is 16.6. The van der Waals surface area contributed by atoms with Crippen molar-refractivity contribution in [3.05, 3.63) is 36.0 Å². The van der Waals surface area contributed by atoms with Gasteiger partial charge in [-0.05, 0) is 24.3 Å². The number of rotatable bonds is 6. The Balaban J connectivity index is 1.37. The van der Waals surface area contributed by atoms with E-state index in [1.807, 2.05) is 0 Å². The van der Waals surface area contributed by atoms with Crippen molar-refractivity contribution >= 4 is 12.0 Å². The molecule has 142 valence electrons. The fourth-order valence-electron chi connectivity index (χ4n) is 3.81. The summed E-state index contributed by atoms with van der Waals surface area (Å²) in [6, 6.07) is 8.69. The summed E-state index contributed by atoms with van der Waals surface area (Å²) in [6.45, 7) is 2.21. The molecule has 2 aliphatic rings. The van der Waals surface area contributed by atoms with Gasteiger partial charge in [0.05, 0.1) is 18.4 Å². The Labute approximate surface area is 159 Å². The maximum absolute atomic E-state index is 11.4. The number of cyclic esters (lactones) is 1. The van der Waals surface area contributed by atoms with Crippen LogP contribution in [0.1, 0.15) is 43.6 Å². The van der Waals surface area contributed by atoms with Crippen molar-refractivity contribution in [2.24, 2.45) is 0 Å². The van der Waals surface area contributed by atoms with Gasteiger partial charge in [-0.2, -0.15) is 5.10 Å². The first-order valence-corrected chi connectivity index (χ1v) is 9.75. The van der Waals surface area contributed by atoms with Crippen molar-refractivity contribution < 1.29 is 9.53 Å². The number of carbonyl (C=O) groups is 1. The Hall–Kier alpha value is -2.70. The lowest BCUT2D eigenvalue weighted by Crippen LogP contribution is -2.30. The predicted octanol–water partition coefficient (Wildman–Crippen LogP) is 3.45. The summed E-state index contributed by atoms with van der Waals surface area (Å²) >= 11 is 0. The minimum atomic E-state index is -0.261. The SMILES string of the molecule is O=C1OCCN1CCNc1nncc(-c2ccc(C3CCCCC3)cc2)n1. The highest BCUT2D eigenvalue weighted by Gasteiger charge is 2.21. The molecule has 2 heterocycles. The molecule has 1 aromatic heterocycles. The second-order valence-electron chi connectivity index (χ2n) is 7.15. The maximum Gasteiger partial charge on any atom is 0.409 e. The Morgan fingerprint density at radius 3 is 2.70 bits per heavy atom. The van der Waals surface area contributed by atoms with E-state index in [1.165, 1.54) is 37.7 Å². The molecule has 0 spiro atoms. The van der Waals surface area contributed by atoms with Crippen LogP contribution < -0.4 is 5.32 Å². The zero-order valence-electron chi connectivity index (χ0n) is 15.4. The van der Waals surface area contributed by atoms with Crippen LogP contribution in [0.3, 0.4) is 0 Å². The number of anilines is 1. The first-order valence-electron chi connectivity index (χ1n) is 9.75. The third-order valence-corrected chi connectivity index (χ3v) is 5.35. The molecule has 0 unspecified atom stereocenters. The van der Waals surface area contributed by atoms with Crippen molar-refractivity contribution in [1.29, 1.82) is 0 Å². The van der Waals surface area contributed by atoms with Gasteiger partial charge in [-0.3, -0.25) is 0 Å². The van der Waals surface area contributed by atoms with Crippen LogP contribution in [0, 0.1) is 0 Å². The molecule has 2 aromatic rings. The standard InChI is InChI=1S/C20H25N5O2/c26-20-25(12-13-27-20)11-10-21-19-23-18(14-22-24-19)17-8-6-16(7-9-17)15-4-2-1-3-5-15/h6-9,14-15H,1-5,10-13H2,(H,21,23,24). The number of nitrogens with one attached hydrogen (secondary N) is 1. The molecule has 1 saturated heterocycles. The van der Waals surface area contributed by atoms with E-state index in [-0.39, 0.29) is 6.09 Å². The van der Waals surface area contributed by atoms with Crippen molar-refractivity contribution in [3.63, 3.8) is 0 Å². The van der Waals surface area contributed by atoms with E-state index < -0.39 is 0 Å². The Kier molecular flexibility index (Phi) is 5.46. The molecule has 1 saturated carbocycles. The van der Waals surface area contributed by atoms with Gasteiger partial charge in [0.2, 0.25) is 5.95 Å².